The second kappa shape index (κ2) is 6.77. The van der Waals surface area contributed by atoms with Crippen LogP contribution >= 0.6 is 15.9 Å². The van der Waals surface area contributed by atoms with E-state index in [-0.39, 0.29) is 6.04 Å². The number of halogens is 1. The van der Waals surface area contributed by atoms with E-state index in [1.165, 1.54) is 0 Å². The monoisotopic (exact) mass is 374 g/mol. The van der Waals surface area contributed by atoms with Crippen molar-refractivity contribution in [3.8, 4) is 0 Å². The highest BCUT2D eigenvalue weighted by molar-refractivity contribution is 9.10. The molecule has 1 N–H and O–H groups in total. The van der Waals surface area contributed by atoms with Crippen LogP contribution < -0.4 is 5.32 Å². The summed E-state index contributed by atoms with van der Waals surface area (Å²) in [5, 5.41) is 3.07. The minimum atomic E-state index is -3.45. The maximum absolute atomic E-state index is 13.0. The maximum atomic E-state index is 13.0. The number of nitrogens with one attached hydrogen (secondary N) is 1. The number of hydrogen-bond acceptors (Lipinski definition) is 3. The van der Waals surface area contributed by atoms with Crippen LogP contribution in [0.2, 0.25) is 0 Å². The van der Waals surface area contributed by atoms with Gasteiger partial charge in [0.15, 0.2) is 0 Å². The van der Waals surface area contributed by atoms with Crippen LogP contribution in [-0.4, -0.2) is 32.4 Å². The SMILES string of the molecule is CNCc1cc(C)c(Br)c(S(=O)(=O)N2CCCCC2C)c1. The van der Waals surface area contributed by atoms with Crippen LogP contribution in [0.15, 0.2) is 21.5 Å². The van der Waals surface area contributed by atoms with Gasteiger partial charge in [0.2, 0.25) is 10.0 Å². The Bertz CT molecular complexity index is 616. The van der Waals surface area contributed by atoms with Crippen LogP contribution in [0.1, 0.15) is 37.3 Å². The highest BCUT2D eigenvalue weighted by Crippen LogP contribution is 2.32. The number of piperidine rings is 1. The summed E-state index contributed by atoms with van der Waals surface area (Å²) < 4.78 is 28.3. The standard InChI is InChI=1S/C15H23BrN2O2S/c1-11-8-13(10-17-3)9-14(15(11)16)21(19,20)18-7-5-4-6-12(18)2/h8-9,12,17H,4-7,10H2,1-3H3. The molecular weight excluding hydrogens is 352 g/mol. The minimum Gasteiger partial charge on any atom is -0.316 e. The van der Waals surface area contributed by atoms with Crippen molar-refractivity contribution in [1.29, 1.82) is 0 Å². The first-order valence-corrected chi connectivity index (χ1v) is 9.56. The van der Waals surface area contributed by atoms with Gasteiger partial charge in [0.25, 0.3) is 0 Å². The third-order valence-electron chi connectivity index (χ3n) is 3.99. The van der Waals surface area contributed by atoms with Crippen molar-refractivity contribution in [2.75, 3.05) is 13.6 Å². The van der Waals surface area contributed by atoms with Crippen molar-refractivity contribution in [3.63, 3.8) is 0 Å². The Kier molecular flexibility index (Phi) is 5.46. The van der Waals surface area contributed by atoms with E-state index in [4.69, 9.17) is 0 Å². The lowest BCUT2D eigenvalue weighted by Gasteiger charge is -2.32. The smallest absolute Gasteiger partial charge is 0.244 e. The molecule has 6 heteroatoms. The Morgan fingerprint density at radius 2 is 2.10 bits per heavy atom. The first-order chi connectivity index (χ1) is 9.87. The fourth-order valence-corrected chi connectivity index (χ4v) is 5.59. The van der Waals surface area contributed by atoms with Crippen LogP contribution in [0.25, 0.3) is 0 Å². The van der Waals surface area contributed by atoms with Gasteiger partial charge in [-0.2, -0.15) is 4.31 Å². The number of rotatable bonds is 4. The molecule has 0 bridgehead atoms. The van der Waals surface area contributed by atoms with E-state index < -0.39 is 10.0 Å². The van der Waals surface area contributed by atoms with Crippen molar-refractivity contribution in [1.82, 2.24) is 9.62 Å². The summed E-state index contributed by atoms with van der Waals surface area (Å²) in [5.41, 5.74) is 1.94. The molecule has 118 valence electrons. The predicted molar refractivity (Wildman–Crippen MR) is 88.8 cm³/mol. The van der Waals surface area contributed by atoms with Crippen molar-refractivity contribution in [2.45, 2.75) is 50.6 Å². The van der Waals surface area contributed by atoms with Gasteiger partial charge in [0.1, 0.15) is 0 Å². The molecule has 1 saturated heterocycles. The van der Waals surface area contributed by atoms with Gasteiger partial charge in [0.05, 0.1) is 4.90 Å². The Morgan fingerprint density at radius 1 is 1.38 bits per heavy atom. The minimum absolute atomic E-state index is 0.0731. The summed E-state index contributed by atoms with van der Waals surface area (Å²) in [4.78, 5) is 0.390. The number of hydrogen-bond donors (Lipinski definition) is 1. The van der Waals surface area contributed by atoms with Gasteiger partial charge in [-0.25, -0.2) is 8.42 Å². The molecule has 0 aromatic heterocycles. The van der Waals surface area contributed by atoms with Gasteiger partial charge in [-0.3, -0.25) is 0 Å². The predicted octanol–water partition coefficient (Wildman–Crippen LogP) is 3.04. The normalized spacial score (nSPS) is 20.7. The molecule has 0 amide bonds. The zero-order valence-corrected chi connectivity index (χ0v) is 15.2. The average molecular weight is 375 g/mol. The summed E-state index contributed by atoms with van der Waals surface area (Å²) >= 11 is 3.46. The van der Waals surface area contributed by atoms with Crippen molar-refractivity contribution in [2.24, 2.45) is 0 Å². The van der Waals surface area contributed by atoms with Crippen LogP contribution in [-0.2, 0) is 16.6 Å². The molecule has 21 heavy (non-hydrogen) atoms. The molecule has 4 nitrogen and oxygen atoms in total. The Morgan fingerprint density at radius 3 is 2.71 bits per heavy atom. The molecule has 2 rings (SSSR count). The lowest BCUT2D eigenvalue weighted by Crippen LogP contribution is -2.42. The first-order valence-electron chi connectivity index (χ1n) is 7.33. The van der Waals surface area contributed by atoms with E-state index in [0.717, 1.165) is 30.4 Å². The van der Waals surface area contributed by atoms with Crippen LogP contribution in [0.4, 0.5) is 0 Å². The van der Waals surface area contributed by atoms with Crippen LogP contribution in [0, 0.1) is 6.92 Å². The quantitative estimate of drug-likeness (QED) is 0.880. The largest absolute Gasteiger partial charge is 0.316 e. The van der Waals surface area contributed by atoms with Crippen LogP contribution in [0.5, 0.6) is 0 Å². The third kappa shape index (κ3) is 3.50. The summed E-state index contributed by atoms with van der Waals surface area (Å²) in [7, 11) is -1.59. The van der Waals surface area contributed by atoms with E-state index in [2.05, 4.69) is 21.2 Å². The van der Waals surface area contributed by atoms with Gasteiger partial charge in [-0.05, 0) is 66.9 Å². The van der Waals surface area contributed by atoms with E-state index in [0.29, 0.717) is 22.5 Å². The van der Waals surface area contributed by atoms with E-state index in [1.807, 2.05) is 27.0 Å². The first kappa shape index (κ1) is 16.9. The van der Waals surface area contributed by atoms with E-state index >= 15 is 0 Å². The van der Waals surface area contributed by atoms with E-state index in [1.54, 1.807) is 10.4 Å². The zero-order chi connectivity index (χ0) is 15.6. The van der Waals surface area contributed by atoms with Gasteiger partial charge >= 0.3 is 0 Å². The van der Waals surface area contributed by atoms with Crippen molar-refractivity contribution >= 4 is 26.0 Å². The fourth-order valence-electron chi connectivity index (χ4n) is 2.86. The van der Waals surface area contributed by atoms with Gasteiger partial charge < -0.3 is 5.32 Å². The van der Waals surface area contributed by atoms with E-state index in [9.17, 15) is 8.42 Å². The number of sulfonamides is 1. The Labute approximate surface area is 136 Å². The second-order valence-electron chi connectivity index (χ2n) is 5.72. The summed E-state index contributed by atoms with van der Waals surface area (Å²) in [6.07, 6.45) is 2.98. The van der Waals surface area contributed by atoms with Crippen molar-refractivity contribution < 1.29 is 8.42 Å². The highest BCUT2D eigenvalue weighted by atomic mass is 79.9. The molecule has 0 aliphatic carbocycles. The third-order valence-corrected chi connectivity index (χ3v) is 7.34. The molecular formula is C15H23BrN2O2S. The molecule has 1 aliphatic rings. The second-order valence-corrected chi connectivity index (χ2v) is 8.37. The number of aryl methyl sites for hydroxylation is 1. The molecule has 0 saturated carbocycles. The fraction of sp³-hybridized carbons (Fsp3) is 0.600. The van der Waals surface area contributed by atoms with Gasteiger partial charge in [0, 0.05) is 23.6 Å². The summed E-state index contributed by atoms with van der Waals surface area (Å²) in [5.74, 6) is 0. The van der Waals surface area contributed by atoms with Gasteiger partial charge in [-0.1, -0.05) is 12.5 Å². The lowest BCUT2D eigenvalue weighted by molar-refractivity contribution is 0.268. The van der Waals surface area contributed by atoms with Crippen LogP contribution in [0.3, 0.4) is 0 Å². The molecule has 1 atom stereocenters. The molecule has 1 fully saturated rings. The zero-order valence-electron chi connectivity index (χ0n) is 12.8. The summed E-state index contributed by atoms with van der Waals surface area (Å²) in [6.45, 7) is 5.20. The maximum Gasteiger partial charge on any atom is 0.244 e. The molecule has 1 unspecified atom stereocenters. The molecule has 1 heterocycles. The Hall–Kier alpha value is -0.430. The molecule has 0 radical (unpaired) electrons. The summed E-state index contributed by atoms with van der Waals surface area (Å²) in [6, 6.07) is 3.87. The highest BCUT2D eigenvalue weighted by Gasteiger charge is 2.32. The molecule has 1 aromatic rings. The number of benzene rings is 1. The topological polar surface area (TPSA) is 49.4 Å². The average Bonchev–Trinajstić information content (AvgIpc) is 2.43. The Balaban J connectivity index is 2.48. The molecule has 0 spiro atoms. The number of nitrogens with zero attached hydrogens (tertiary/aromatic N) is 1. The lowest BCUT2D eigenvalue weighted by atomic mass is 10.1. The molecule has 1 aliphatic heterocycles. The molecule has 1 aromatic carbocycles. The van der Waals surface area contributed by atoms with Crippen molar-refractivity contribution in [3.05, 3.63) is 27.7 Å². The van der Waals surface area contributed by atoms with Gasteiger partial charge in [-0.15, -0.1) is 0 Å².